The number of rotatable bonds is 16. The van der Waals surface area contributed by atoms with E-state index in [1.807, 2.05) is 0 Å². The summed E-state index contributed by atoms with van der Waals surface area (Å²) in [6.45, 7) is 9.58. The Balaban J connectivity index is 1.70. The molecule has 0 unspecified atom stereocenters. The molecule has 0 aliphatic carbocycles. The van der Waals surface area contributed by atoms with Crippen LogP contribution in [0.2, 0.25) is 0 Å². The normalized spacial score (nSPS) is 12.4. The summed E-state index contributed by atoms with van der Waals surface area (Å²) < 4.78 is 30.8. The average molecular weight is 788 g/mol. The third-order valence-corrected chi connectivity index (χ3v) is 27.6. The predicted octanol–water partition coefficient (Wildman–Crippen LogP) is 6.51. The van der Waals surface area contributed by atoms with E-state index in [0.717, 1.165) is 31.1 Å². The molecule has 0 heterocycles. The first-order chi connectivity index (χ1) is 24.9. The van der Waals surface area contributed by atoms with Gasteiger partial charge in [0.05, 0.1) is 0 Å². The van der Waals surface area contributed by atoms with E-state index >= 15 is 0 Å². The second-order valence-electron chi connectivity index (χ2n) is 13.7. The van der Waals surface area contributed by atoms with Crippen LogP contribution in [-0.2, 0) is 32.7 Å². The molecule has 0 atom stereocenters. The first kappa shape index (κ1) is 37.2. The van der Waals surface area contributed by atoms with Gasteiger partial charge in [0, 0.05) is 0 Å². The van der Waals surface area contributed by atoms with Crippen molar-refractivity contribution in [1.82, 2.24) is 0 Å². The van der Waals surface area contributed by atoms with Crippen LogP contribution in [0.5, 0.6) is 0 Å². The molecule has 0 saturated carbocycles. The van der Waals surface area contributed by atoms with Gasteiger partial charge in [0.2, 0.25) is 0 Å². The van der Waals surface area contributed by atoms with Crippen LogP contribution in [0.1, 0.15) is 27.7 Å². The van der Waals surface area contributed by atoms with Crippen molar-refractivity contribution in [2.24, 2.45) is 11.8 Å². The van der Waals surface area contributed by atoms with Crippen LogP contribution in [0.4, 0.5) is 0 Å². The van der Waals surface area contributed by atoms with Crippen LogP contribution in [-0.4, -0.2) is 29.8 Å². The average Bonchev–Trinajstić information content (AvgIpc) is 3.19. The van der Waals surface area contributed by atoms with Gasteiger partial charge in [0.1, 0.15) is 0 Å². The Bertz CT molecular complexity index is 1560. The third-order valence-electron chi connectivity index (χ3n) is 8.82. The fourth-order valence-electron chi connectivity index (χ4n) is 6.48. The van der Waals surface area contributed by atoms with Gasteiger partial charge in [0.15, 0.2) is 0 Å². The zero-order chi connectivity index (χ0) is 35.6. The van der Waals surface area contributed by atoms with Gasteiger partial charge in [-0.2, -0.15) is 0 Å². The minimum absolute atomic E-state index is 0.221. The number of benzene rings is 6. The summed E-state index contributed by atoms with van der Waals surface area (Å²) >= 11 is -5.31. The molecule has 0 saturated heterocycles. The van der Waals surface area contributed by atoms with E-state index in [1.54, 1.807) is 0 Å². The van der Waals surface area contributed by atoms with E-state index in [-0.39, 0.29) is 11.8 Å². The van der Waals surface area contributed by atoms with Crippen LogP contribution in [0, 0.1) is 11.8 Å². The Hall–Kier alpha value is -3.52. The second kappa shape index (κ2) is 17.3. The molecule has 260 valence electrons. The molecule has 0 fully saturated rings. The van der Waals surface area contributed by atoms with Crippen LogP contribution in [0.25, 0.3) is 0 Å². The molecule has 0 spiro atoms. The Morgan fingerprint density at radius 1 is 0.353 bits per heavy atom. The van der Waals surface area contributed by atoms with Crippen molar-refractivity contribution in [2.45, 2.75) is 27.7 Å². The Morgan fingerprint density at radius 3 is 0.725 bits per heavy atom. The van der Waals surface area contributed by atoms with E-state index < -0.39 is 38.7 Å². The summed E-state index contributed by atoms with van der Waals surface area (Å²) in [5.74, 6) is 0.442. The zero-order valence-corrected chi connectivity index (χ0v) is 34.5. The van der Waals surface area contributed by atoms with E-state index in [2.05, 4.69) is 210 Å². The maximum atomic E-state index is 8.12. The first-order valence-electron chi connectivity index (χ1n) is 17.9. The Labute approximate surface area is 313 Å². The van der Waals surface area contributed by atoms with Gasteiger partial charge < -0.3 is 0 Å². The molecule has 0 amide bonds. The van der Waals surface area contributed by atoms with Gasteiger partial charge in [-0.15, -0.1) is 0 Å². The summed E-state index contributed by atoms with van der Waals surface area (Å²) in [4.78, 5) is 0. The van der Waals surface area contributed by atoms with Crippen molar-refractivity contribution >= 4 is 47.8 Å². The molecule has 6 rings (SSSR count). The molecule has 0 aliphatic heterocycles. The number of hydrogen-bond acceptors (Lipinski definition) is 4. The van der Waals surface area contributed by atoms with Gasteiger partial charge in [-0.25, -0.2) is 0 Å². The summed E-state index contributed by atoms with van der Waals surface area (Å²) in [7, 11) is -6.73. The van der Waals surface area contributed by atoms with Crippen LogP contribution >= 0.6 is 0 Å². The molecule has 6 aromatic rings. The SMILES string of the molecule is CC(C)C[O][Zr]([O]CC(C)C)([O][Si](c1ccccc1)(c1ccccc1)c1ccccc1)[O][Si](c1ccccc1)(c1ccccc1)c1ccccc1. The second-order valence-corrected chi connectivity index (χ2v) is 27.2. The topological polar surface area (TPSA) is 36.9 Å². The molecular weight excluding hydrogens is 740 g/mol. The van der Waals surface area contributed by atoms with Gasteiger partial charge in [0.25, 0.3) is 0 Å². The fraction of sp³-hybridized carbons (Fsp3) is 0.182. The van der Waals surface area contributed by atoms with E-state index in [1.165, 1.54) is 0 Å². The zero-order valence-electron chi connectivity index (χ0n) is 30.0. The van der Waals surface area contributed by atoms with Gasteiger partial charge in [-0.3, -0.25) is 0 Å². The van der Waals surface area contributed by atoms with E-state index in [0.29, 0.717) is 13.2 Å². The summed E-state index contributed by atoms with van der Waals surface area (Å²) in [6, 6.07) is 64.0. The molecule has 51 heavy (non-hydrogen) atoms. The fourth-order valence-corrected chi connectivity index (χ4v) is 30.6. The van der Waals surface area contributed by atoms with E-state index in [4.69, 9.17) is 10.6 Å². The minimum atomic E-state index is -5.31. The molecule has 0 bridgehead atoms. The molecule has 7 heteroatoms. The molecule has 0 aliphatic rings. The van der Waals surface area contributed by atoms with Crippen molar-refractivity contribution in [3.8, 4) is 0 Å². The standard InChI is InChI=1S/2C18H15OSi.2C4H9O.Zr/c2*19-20(16-10-4-1-5-11-16,17-12-6-2-7-13-17)18-14-8-3-9-15-18;2*1-4(2)3-5;/h2*1-15H;2*4H,3H2,1-2H3;/q4*-1;+4. The van der Waals surface area contributed by atoms with Crippen molar-refractivity contribution in [2.75, 3.05) is 13.2 Å². The van der Waals surface area contributed by atoms with Gasteiger partial charge in [-0.05, 0) is 0 Å². The third kappa shape index (κ3) is 8.42. The molecular formula is C44H48O4Si2Zr. The van der Waals surface area contributed by atoms with Crippen LogP contribution in [0.15, 0.2) is 182 Å². The van der Waals surface area contributed by atoms with Crippen molar-refractivity contribution in [1.29, 1.82) is 0 Å². The van der Waals surface area contributed by atoms with Gasteiger partial charge >= 0.3 is 315 Å². The summed E-state index contributed by atoms with van der Waals surface area (Å²) in [6.07, 6.45) is 0. The van der Waals surface area contributed by atoms with E-state index in [9.17, 15) is 0 Å². The number of hydrogen-bond donors (Lipinski definition) is 0. The molecule has 0 aromatic heterocycles. The summed E-state index contributed by atoms with van der Waals surface area (Å²) in [5.41, 5.74) is 0. The van der Waals surface area contributed by atoms with Crippen molar-refractivity contribution < 1.29 is 32.7 Å². The quantitative estimate of drug-likeness (QED) is 0.0829. The Morgan fingerprint density at radius 2 is 0.549 bits per heavy atom. The predicted molar refractivity (Wildman–Crippen MR) is 212 cm³/mol. The monoisotopic (exact) mass is 786 g/mol. The molecule has 0 radical (unpaired) electrons. The molecule has 0 N–H and O–H groups in total. The van der Waals surface area contributed by atoms with Gasteiger partial charge in [-0.1, -0.05) is 0 Å². The Kier molecular flexibility index (Phi) is 12.7. The maximum absolute atomic E-state index is 8.12. The van der Waals surface area contributed by atoms with Crippen molar-refractivity contribution in [3.05, 3.63) is 182 Å². The molecule has 4 nitrogen and oxygen atoms in total. The van der Waals surface area contributed by atoms with Crippen molar-refractivity contribution in [3.63, 3.8) is 0 Å². The van der Waals surface area contributed by atoms with Crippen LogP contribution < -0.4 is 31.1 Å². The summed E-state index contributed by atoms with van der Waals surface area (Å²) in [5, 5.41) is 6.67. The van der Waals surface area contributed by atoms with Crippen LogP contribution in [0.3, 0.4) is 0 Å². The first-order valence-corrected chi connectivity index (χ1v) is 25.7. The molecule has 6 aromatic carbocycles.